The number of aromatic nitrogens is 1. The summed E-state index contributed by atoms with van der Waals surface area (Å²) in [6.07, 6.45) is 0. The zero-order valence-electron chi connectivity index (χ0n) is 17.5. The highest BCUT2D eigenvalue weighted by molar-refractivity contribution is 7.92. The lowest BCUT2D eigenvalue weighted by atomic mass is 10.1. The lowest BCUT2D eigenvalue weighted by Crippen LogP contribution is -2.29. The van der Waals surface area contributed by atoms with E-state index in [2.05, 4.69) is 5.32 Å². The van der Waals surface area contributed by atoms with Crippen LogP contribution in [0.15, 0.2) is 82.5 Å². The van der Waals surface area contributed by atoms with Gasteiger partial charge in [0, 0.05) is 19.3 Å². The summed E-state index contributed by atoms with van der Waals surface area (Å²) in [4.78, 5) is 25.2. The molecular weight excluding hydrogens is 446 g/mol. The number of amides is 1. The third kappa shape index (κ3) is 3.92. The molecule has 0 atom stereocenters. The summed E-state index contributed by atoms with van der Waals surface area (Å²) in [5.74, 6) is -0.447. The average Bonchev–Trinajstić information content (AvgIpc) is 3.13. The van der Waals surface area contributed by atoms with Crippen molar-refractivity contribution in [1.82, 2.24) is 4.57 Å². The Morgan fingerprint density at radius 3 is 2.44 bits per heavy atom. The van der Waals surface area contributed by atoms with Crippen molar-refractivity contribution in [3.05, 3.63) is 88.0 Å². The maximum absolute atomic E-state index is 13.1. The smallest absolute Gasteiger partial charge is 0.308 e. The Labute approximate surface area is 189 Å². The Hall–Kier alpha value is -3.43. The first kappa shape index (κ1) is 21.8. The quantitative estimate of drug-likeness (QED) is 0.461. The van der Waals surface area contributed by atoms with Gasteiger partial charge in [0.05, 0.1) is 26.4 Å². The molecule has 1 N–H and O–H groups in total. The number of thiazole rings is 1. The minimum atomic E-state index is -3.84. The number of rotatable bonds is 6. The number of carbonyl (C=O) groups is 1. The number of hydrogen-bond acceptors (Lipinski definition) is 5. The van der Waals surface area contributed by atoms with Crippen molar-refractivity contribution < 1.29 is 13.2 Å². The van der Waals surface area contributed by atoms with Gasteiger partial charge in [-0.2, -0.15) is 0 Å². The van der Waals surface area contributed by atoms with Crippen molar-refractivity contribution in [2.45, 2.75) is 18.4 Å². The number of anilines is 2. The van der Waals surface area contributed by atoms with Crippen LogP contribution in [0.5, 0.6) is 0 Å². The van der Waals surface area contributed by atoms with Crippen LogP contribution in [0, 0.1) is 0 Å². The fourth-order valence-electron chi connectivity index (χ4n) is 3.46. The minimum Gasteiger partial charge on any atom is -0.322 e. The Morgan fingerprint density at radius 1 is 1.03 bits per heavy atom. The minimum absolute atomic E-state index is 0.0518. The van der Waals surface area contributed by atoms with Crippen molar-refractivity contribution in [2.75, 3.05) is 16.7 Å². The molecule has 4 aromatic rings. The van der Waals surface area contributed by atoms with E-state index < -0.39 is 15.9 Å². The lowest BCUT2D eigenvalue weighted by Gasteiger charge is -2.22. The Bertz CT molecular complexity index is 1460. The molecule has 0 spiro atoms. The second kappa shape index (κ2) is 8.60. The van der Waals surface area contributed by atoms with Crippen molar-refractivity contribution in [2.24, 2.45) is 0 Å². The number of nitrogens with zero attached hydrogens (tertiary/aromatic N) is 2. The molecule has 4 rings (SSSR count). The zero-order valence-corrected chi connectivity index (χ0v) is 19.1. The van der Waals surface area contributed by atoms with Gasteiger partial charge in [0.15, 0.2) is 0 Å². The molecule has 1 heterocycles. The average molecular weight is 468 g/mol. The summed E-state index contributed by atoms with van der Waals surface area (Å²) >= 11 is 1.12. The first-order chi connectivity index (χ1) is 15.3. The molecule has 0 aliphatic rings. The van der Waals surface area contributed by atoms with Crippen LogP contribution in [0.4, 0.5) is 11.4 Å². The number of hydrogen-bond donors (Lipinski definition) is 1. The van der Waals surface area contributed by atoms with Crippen LogP contribution in [-0.2, 0) is 16.6 Å². The first-order valence-corrected chi connectivity index (χ1v) is 12.2. The molecule has 3 aromatic carbocycles. The summed E-state index contributed by atoms with van der Waals surface area (Å²) in [7, 11) is -2.42. The number of nitrogens with one attached hydrogen (secondary N) is 1. The van der Waals surface area contributed by atoms with Crippen LogP contribution < -0.4 is 14.5 Å². The van der Waals surface area contributed by atoms with Gasteiger partial charge in [-0.15, -0.1) is 0 Å². The van der Waals surface area contributed by atoms with Gasteiger partial charge < -0.3 is 5.32 Å². The fourth-order valence-corrected chi connectivity index (χ4v) is 5.69. The molecule has 164 valence electrons. The van der Waals surface area contributed by atoms with Gasteiger partial charge in [0.25, 0.3) is 15.9 Å². The van der Waals surface area contributed by atoms with Gasteiger partial charge in [-0.3, -0.25) is 18.5 Å². The van der Waals surface area contributed by atoms with Crippen molar-refractivity contribution in [3.8, 4) is 0 Å². The standard InChI is InChI=1S/C23H21N3O4S2/c1-3-26-20-14-13-16(15-21(20)31-23(26)28)24-22(27)18-11-7-8-12-19(18)25(2)32(29,30)17-9-5-4-6-10-17/h4-15H,3H2,1-2H3,(H,24,27). The van der Waals surface area contributed by atoms with Crippen LogP contribution in [0.1, 0.15) is 17.3 Å². The Kier molecular flexibility index (Phi) is 5.86. The second-order valence-electron chi connectivity index (χ2n) is 7.05. The second-order valence-corrected chi connectivity index (χ2v) is 10.0. The van der Waals surface area contributed by atoms with Crippen LogP contribution in [-0.4, -0.2) is 25.9 Å². The van der Waals surface area contributed by atoms with Gasteiger partial charge in [-0.1, -0.05) is 41.7 Å². The summed E-state index contributed by atoms with van der Waals surface area (Å²) < 4.78 is 29.6. The van der Waals surface area contributed by atoms with Crippen LogP contribution >= 0.6 is 11.3 Å². The van der Waals surface area contributed by atoms with Gasteiger partial charge in [0.2, 0.25) is 0 Å². The van der Waals surface area contributed by atoms with E-state index in [0.29, 0.717) is 12.2 Å². The largest absolute Gasteiger partial charge is 0.322 e. The summed E-state index contributed by atoms with van der Waals surface area (Å²) in [6.45, 7) is 2.47. The molecule has 7 nitrogen and oxygen atoms in total. The molecule has 0 fully saturated rings. The predicted octanol–water partition coefficient (Wildman–Crippen LogP) is 4.16. The summed E-state index contributed by atoms with van der Waals surface area (Å²) in [5, 5.41) is 2.82. The molecular formula is C23H21N3O4S2. The van der Waals surface area contributed by atoms with E-state index in [-0.39, 0.29) is 21.0 Å². The molecule has 9 heteroatoms. The lowest BCUT2D eigenvalue weighted by molar-refractivity contribution is 0.102. The molecule has 0 aliphatic carbocycles. The third-order valence-electron chi connectivity index (χ3n) is 5.13. The van der Waals surface area contributed by atoms with Crippen molar-refractivity contribution in [1.29, 1.82) is 0 Å². The number of carbonyl (C=O) groups excluding carboxylic acids is 1. The maximum atomic E-state index is 13.1. The normalized spacial score (nSPS) is 11.4. The van der Waals surface area contributed by atoms with Crippen molar-refractivity contribution in [3.63, 3.8) is 0 Å². The number of aryl methyl sites for hydroxylation is 1. The van der Waals surface area contributed by atoms with Gasteiger partial charge in [-0.05, 0) is 49.4 Å². The van der Waals surface area contributed by atoms with Crippen LogP contribution in [0.3, 0.4) is 0 Å². The Balaban J connectivity index is 1.66. The molecule has 0 unspecified atom stereocenters. The number of fused-ring (bicyclic) bond motifs is 1. The number of para-hydroxylation sites is 1. The van der Waals surface area contributed by atoms with Crippen LogP contribution in [0.25, 0.3) is 10.2 Å². The first-order valence-electron chi connectivity index (χ1n) is 9.90. The highest BCUT2D eigenvalue weighted by atomic mass is 32.2. The van der Waals surface area contributed by atoms with Gasteiger partial charge >= 0.3 is 4.87 Å². The van der Waals surface area contributed by atoms with Crippen LogP contribution in [0.2, 0.25) is 0 Å². The summed E-state index contributed by atoms with van der Waals surface area (Å²) in [6, 6.07) is 19.9. The molecule has 1 amide bonds. The van der Waals surface area contributed by atoms with E-state index >= 15 is 0 Å². The van der Waals surface area contributed by atoms with E-state index in [4.69, 9.17) is 0 Å². The van der Waals surface area contributed by atoms with E-state index in [1.807, 2.05) is 6.92 Å². The topological polar surface area (TPSA) is 88.5 Å². The molecule has 32 heavy (non-hydrogen) atoms. The van der Waals surface area contributed by atoms with E-state index in [9.17, 15) is 18.0 Å². The van der Waals surface area contributed by atoms with E-state index in [1.165, 1.54) is 19.2 Å². The zero-order chi connectivity index (χ0) is 22.9. The fraction of sp³-hybridized carbons (Fsp3) is 0.130. The van der Waals surface area contributed by atoms with Gasteiger partial charge in [0.1, 0.15) is 0 Å². The number of benzene rings is 3. The Morgan fingerprint density at radius 2 is 1.72 bits per heavy atom. The predicted molar refractivity (Wildman–Crippen MR) is 128 cm³/mol. The molecule has 0 bridgehead atoms. The molecule has 0 saturated heterocycles. The van der Waals surface area contributed by atoms with E-state index in [0.717, 1.165) is 25.9 Å². The molecule has 0 saturated carbocycles. The molecule has 1 aromatic heterocycles. The summed E-state index contributed by atoms with van der Waals surface area (Å²) in [5.41, 5.74) is 1.82. The SMILES string of the molecule is CCn1c(=O)sc2cc(NC(=O)c3ccccc3N(C)S(=O)(=O)c3ccccc3)ccc21. The third-order valence-corrected chi connectivity index (χ3v) is 7.86. The highest BCUT2D eigenvalue weighted by Gasteiger charge is 2.25. The van der Waals surface area contributed by atoms with Gasteiger partial charge in [-0.25, -0.2) is 8.42 Å². The monoisotopic (exact) mass is 467 g/mol. The molecule has 0 radical (unpaired) electrons. The highest BCUT2D eigenvalue weighted by Crippen LogP contribution is 2.27. The van der Waals surface area contributed by atoms with E-state index in [1.54, 1.807) is 65.2 Å². The number of sulfonamides is 1. The van der Waals surface area contributed by atoms with Crippen molar-refractivity contribution >= 4 is 48.9 Å². The molecule has 0 aliphatic heterocycles. The maximum Gasteiger partial charge on any atom is 0.308 e.